The van der Waals surface area contributed by atoms with Crippen LogP contribution in [0.5, 0.6) is 11.5 Å². The van der Waals surface area contributed by atoms with Crippen LogP contribution >= 0.6 is 58.0 Å². The number of hydrogen-bond donors (Lipinski definition) is 4. The number of hydrogen-bond acceptors (Lipinski definition) is 12. The topological polar surface area (TPSA) is 218 Å². The number of methoxy groups -OCH3 is 2. The Labute approximate surface area is 403 Å². The Balaban J connectivity index is 1.26. The molecule has 5 aromatic carbocycles. The summed E-state index contributed by atoms with van der Waals surface area (Å²) in [7, 11) is 2.96. The second kappa shape index (κ2) is 23.7. The summed E-state index contributed by atoms with van der Waals surface area (Å²) in [4.78, 5) is 78.4. The van der Waals surface area contributed by atoms with Crippen LogP contribution in [0.4, 0.5) is 34.1 Å². The number of nitrogens with one attached hydrogen (secondary N) is 4. The van der Waals surface area contributed by atoms with Crippen LogP contribution in [0.3, 0.4) is 0 Å². The minimum atomic E-state index is -1.64. The molecule has 0 aliphatic carbocycles. The van der Waals surface area contributed by atoms with E-state index < -0.39 is 47.3 Å². The van der Waals surface area contributed by atoms with Crippen molar-refractivity contribution in [3.8, 4) is 11.5 Å². The maximum absolute atomic E-state index is 13.4. The van der Waals surface area contributed by atoms with Crippen molar-refractivity contribution in [3.63, 3.8) is 0 Å². The molecule has 0 aromatic heterocycles. The highest BCUT2D eigenvalue weighted by Crippen LogP contribution is 2.33. The van der Waals surface area contributed by atoms with Crippen LogP contribution in [0.25, 0.3) is 0 Å². The monoisotopic (exact) mass is 994 g/mol. The molecule has 0 saturated heterocycles. The third-order valence-electron chi connectivity index (χ3n) is 9.43. The van der Waals surface area contributed by atoms with Gasteiger partial charge in [-0.15, -0.1) is 34.8 Å². The summed E-state index contributed by atoms with van der Waals surface area (Å²) in [5.41, 5.74) is 3.06. The van der Waals surface area contributed by atoms with Gasteiger partial charge in [0.2, 0.25) is 12.1 Å². The quantitative estimate of drug-likeness (QED) is 0.0353. The fourth-order valence-electron chi connectivity index (χ4n) is 6.00. The summed E-state index contributed by atoms with van der Waals surface area (Å²) in [6, 6.07) is 19.8. The molecule has 4 N–H and O–H groups in total. The van der Waals surface area contributed by atoms with E-state index in [4.69, 9.17) is 67.5 Å². The minimum Gasteiger partial charge on any atom is -0.496 e. The number of rotatable bonds is 19. The molecular weight excluding hydrogens is 958 g/mol. The molecule has 342 valence electrons. The summed E-state index contributed by atoms with van der Waals surface area (Å²) >= 11 is 31.2. The number of carbonyl (C=O) groups excluding carboxylic acids is 6. The predicted molar refractivity (Wildman–Crippen MR) is 255 cm³/mol. The number of carbonyl (C=O) groups is 6. The summed E-state index contributed by atoms with van der Waals surface area (Å²) in [6.45, 7) is 2.29. The molecule has 4 amide bonds. The van der Waals surface area contributed by atoms with Crippen molar-refractivity contribution in [1.29, 1.82) is 0 Å². The number of Topliss-reactive ketones (excluding diaryl/α,β-unsaturated/α-hetero) is 2. The van der Waals surface area contributed by atoms with E-state index in [1.807, 2.05) is 0 Å². The first-order chi connectivity index (χ1) is 31.6. The van der Waals surface area contributed by atoms with Crippen molar-refractivity contribution >= 4 is 127 Å². The number of nitrogens with zero attached hydrogens (tertiary/aromatic N) is 4. The van der Waals surface area contributed by atoms with E-state index in [1.54, 1.807) is 36.4 Å². The number of ether oxygens (including phenoxy) is 2. The molecule has 0 fully saturated rings. The number of azo groups is 2. The average Bonchev–Trinajstić information content (AvgIpc) is 3.30. The lowest BCUT2D eigenvalue weighted by Gasteiger charge is -2.15. The van der Waals surface area contributed by atoms with Gasteiger partial charge in [0.05, 0.1) is 47.2 Å². The number of halogens is 5. The largest absolute Gasteiger partial charge is 0.496 e. The molecule has 66 heavy (non-hydrogen) atoms. The highest BCUT2D eigenvalue weighted by Gasteiger charge is 2.27. The maximum Gasteiger partial charge on any atom is 0.258 e. The van der Waals surface area contributed by atoms with Crippen molar-refractivity contribution in [2.75, 3.05) is 35.5 Å². The van der Waals surface area contributed by atoms with Crippen LogP contribution in [-0.4, -0.2) is 61.5 Å². The SMILES string of the molecule is COc1cc(NC(=O)c2cccc(N=NC(C(C)=O)C(=O)Nc3ccc(NC(=O)C(N=Nc4cccc(C(=O)Nc5ccc(CCl)c(OC)c5)c4Cl)C(C)=O)c(CCl)c3)c2Cl)ccc1CCl. The number of amides is 4. The van der Waals surface area contributed by atoms with Crippen molar-refractivity contribution < 1.29 is 38.2 Å². The molecule has 0 spiro atoms. The lowest BCUT2D eigenvalue weighted by atomic mass is 10.1. The minimum absolute atomic E-state index is 0.00917. The Kier molecular flexibility index (Phi) is 18.1. The lowest BCUT2D eigenvalue weighted by Crippen LogP contribution is -2.32. The standard InChI is InChI=1S/C45H39Cl5N8O8/c1-23(59)40(57-55-34-9-5-7-31(38(34)49)42(61)51-29-13-11-25(20-46)36(18-29)65-3)44(63)53-28-15-16-33(27(17-28)22-48)54-45(64)41(24(2)60)58-56-35-10-6-8-32(39(35)50)43(62)52-30-14-12-26(21-47)37(19-30)66-4/h5-19,40-41H,20-22H2,1-4H3,(H,51,61)(H,52,62)(H,53,63)(H,54,64). The van der Waals surface area contributed by atoms with Crippen LogP contribution in [0, 0.1) is 0 Å². The fourth-order valence-corrected chi connectivity index (χ4v) is 7.16. The second-order valence-corrected chi connectivity index (χ2v) is 15.5. The highest BCUT2D eigenvalue weighted by molar-refractivity contribution is 6.37. The Morgan fingerprint density at radius 1 is 0.530 bits per heavy atom. The Hall–Kier alpha value is -6.43. The van der Waals surface area contributed by atoms with Gasteiger partial charge in [-0.3, -0.25) is 28.8 Å². The van der Waals surface area contributed by atoms with Gasteiger partial charge in [-0.2, -0.15) is 20.5 Å². The zero-order chi connectivity index (χ0) is 48.1. The van der Waals surface area contributed by atoms with Crippen molar-refractivity contribution in [3.05, 3.63) is 129 Å². The van der Waals surface area contributed by atoms with Gasteiger partial charge >= 0.3 is 0 Å². The molecule has 0 bridgehead atoms. The zero-order valence-electron chi connectivity index (χ0n) is 35.4. The predicted octanol–water partition coefficient (Wildman–Crippen LogP) is 11.1. The van der Waals surface area contributed by atoms with E-state index in [0.29, 0.717) is 28.4 Å². The Morgan fingerprint density at radius 3 is 1.35 bits per heavy atom. The third-order valence-corrected chi connectivity index (χ3v) is 11.1. The molecular formula is C45H39Cl5N8O8. The first-order valence-corrected chi connectivity index (χ1v) is 21.8. The first-order valence-electron chi connectivity index (χ1n) is 19.4. The van der Waals surface area contributed by atoms with Gasteiger partial charge in [0.1, 0.15) is 22.9 Å². The van der Waals surface area contributed by atoms with Crippen LogP contribution in [0.2, 0.25) is 10.0 Å². The van der Waals surface area contributed by atoms with Crippen molar-refractivity contribution in [2.24, 2.45) is 20.5 Å². The fraction of sp³-hybridized carbons (Fsp3) is 0.200. The highest BCUT2D eigenvalue weighted by atomic mass is 35.5. The van der Waals surface area contributed by atoms with Gasteiger partial charge in [0.15, 0.2) is 11.6 Å². The molecule has 5 aromatic rings. The van der Waals surface area contributed by atoms with Crippen LogP contribution in [0.1, 0.15) is 51.3 Å². The first kappa shape index (κ1) is 50.6. The molecule has 0 aliphatic rings. The molecule has 2 unspecified atom stereocenters. The van der Waals surface area contributed by atoms with E-state index in [9.17, 15) is 28.8 Å². The molecule has 0 radical (unpaired) electrons. The van der Waals surface area contributed by atoms with E-state index in [2.05, 4.69) is 41.7 Å². The van der Waals surface area contributed by atoms with Gasteiger partial charge in [0, 0.05) is 51.9 Å². The smallest absolute Gasteiger partial charge is 0.258 e. The van der Waals surface area contributed by atoms with E-state index in [0.717, 1.165) is 25.0 Å². The van der Waals surface area contributed by atoms with Gasteiger partial charge in [0.25, 0.3) is 23.6 Å². The number of ketones is 2. The van der Waals surface area contributed by atoms with Crippen LogP contribution in [0.15, 0.2) is 111 Å². The lowest BCUT2D eigenvalue weighted by molar-refractivity contribution is -0.127. The van der Waals surface area contributed by atoms with Crippen molar-refractivity contribution in [2.45, 2.75) is 43.6 Å². The van der Waals surface area contributed by atoms with Gasteiger partial charge in [-0.05, 0) is 74.0 Å². The summed E-state index contributed by atoms with van der Waals surface area (Å²) in [5.74, 6) is -2.98. The Bertz CT molecular complexity index is 2750. The molecule has 16 nitrogen and oxygen atoms in total. The normalized spacial score (nSPS) is 12.0. The second-order valence-electron chi connectivity index (χ2n) is 13.9. The number of alkyl halides is 3. The third kappa shape index (κ3) is 12.7. The average molecular weight is 997 g/mol. The summed E-state index contributed by atoms with van der Waals surface area (Å²) in [6.07, 6.45) is 0. The van der Waals surface area contributed by atoms with Gasteiger partial charge < -0.3 is 30.7 Å². The molecule has 0 saturated carbocycles. The summed E-state index contributed by atoms with van der Waals surface area (Å²) in [5, 5.41) is 26.4. The van der Waals surface area contributed by atoms with Gasteiger partial charge in [-0.1, -0.05) is 47.5 Å². The molecule has 0 heterocycles. The van der Waals surface area contributed by atoms with Gasteiger partial charge in [-0.25, -0.2) is 0 Å². The molecule has 0 aliphatic heterocycles. The number of anilines is 4. The summed E-state index contributed by atoms with van der Waals surface area (Å²) < 4.78 is 10.7. The number of benzene rings is 5. The molecule has 5 rings (SSSR count). The zero-order valence-corrected chi connectivity index (χ0v) is 39.2. The molecule has 2 atom stereocenters. The van der Waals surface area contributed by atoms with Crippen LogP contribution in [-0.2, 0) is 36.8 Å². The van der Waals surface area contributed by atoms with Crippen LogP contribution < -0.4 is 30.7 Å². The molecule has 21 heteroatoms. The maximum atomic E-state index is 13.4. The van der Waals surface area contributed by atoms with E-state index in [-0.39, 0.29) is 61.6 Å². The van der Waals surface area contributed by atoms with E-state index >= 15 is 0 Å². The Morgan fingerprint density at radius 2 is 0.939 bits per heavy atom. The van der Waals surface area contributed by atoms with Crippen molar-refractivity contribution in [1.82, 2.24) is 0 Å². The van der Waals surface area contributed by atoms with E-state index in [1.165, 1.54) is 68.8 Å².